The topological polar surface area (TPSA) is 165 Å². The molecule has 2 fully saturated rings. The lowest BCUT2D eigenvalue weighted by atomic mass is 10.1. The number of carboxylic acid groups (broad SMARTS) is 2. The Kier molecular flexibility index (Phi) is 9.84. The molecule has 3 aromatic carbocycles. The number of hydrazine groups is 2. The Morgan fingerprint density at radius 2 is 1.04 bits per heavy atom. The van der Waals surface area contributed by atoms with Gasteiger partial charge in [-0.25, -0.2) is 10.0 Å². The van der Waals surface area contributed by atoms with E-state index in [9.17, 15) is 29.4 Å². The van der Waals surface area contributed by atoms with Gasteiger partial charge in [-0.3, -0.25) is 30.0 Å². The molecule has 50 heavy (non-hydrogen) atoms. The molecule has 2 aliphatic heterocycles. The Morgan fingerprint density at radius 3 is 1.40 bits per heavy atom. The fourth-order valence-electron chi connectivity index (χ4n) is 5.75. The molecule has 0 aliphatic carbocycles. The molecule has 14 heteroatoms. The van der Waals surface area contributed by atoms with Gasteiger partial charge in [-0.2, -0.15) is 0 Å². The highest BCUT2D eigenvalue weighted by atomic mass is 32.2. The van der Waals surface area contributed by atoms with Gasteiger partial charge in [-0.05, 0) is 37.1 Å². The van der Waals surface area contributed by atoms with Crippen LogP contribution in [0.25, 0.3) is 22.9 Å². The highest BCUT2D eigenvalue weighted by Gasteiger charge is 2.50. The Labute approximate surface area is 296 Å². The molecule has 0 bridgehead atoms. The van der Waals surface area contributed by atoms with Crippen LogP contribution in [0.5, 0.6) is 0 Å². The number of aliphatic carboxylic acids is 2. The lowest BCUT2D eigenvalue weighted by Crippen LogP contribution is -2.46. The third kappa shape index (κ3) is 7.31. The van der Waals surface area contributed by atoms with Gasteiger partial charge in [0, 0.05) is 10.8 Å². The van der Waals surface area contributed by atoms with Gasteiger partial charge in [0.2, 0.25) is 0 Å². The molecule has 12 nitrogen and oxygen atoms in total. The van der Waals surface area contributed by atoms with Gasteiger partial charge in [0.05, 0.1) is 23.3 Å². The highest BCUT2D eigenvalue weighted by molar-refractivity contribution is 8.02. The summed E-state index contributed by atoms with van der Waals surface area (Å²) >= 11 is 2.45. The van der Waals surface area contributed by atoms with Crippen molar-refractivity contribution in [1.29, 1.82) is 0 Å². The number of hydrogen-bond donors (Lipinski definition) is 4. The SMILES string of the molecule is CC1(/C=C/c2ccccc2)SC(CC(=O)O)C(=O)N1Nc1nnc(NN2C(=O)C(CC(=O)O)SC2(C)/C=C/c2ccccc2)c2ccccc12. The van der Waals surface area contributed by atoms with E-state index in [-0.39, 0.29) is 24.5 Å². The van der Waals surface area contributed by atoms with Crippen molar-refractivity contribution in [3.05, 3.63) is 108 Å². The zero-order valence-electron chi connectivity index (χ0n) is 27.1. The minimum absolute atomic E-state index is 0.244. The van der Waals surface area contributed by atoms with E-state index in [0.29, 0.717) is 10.8 Å². The maximum Gasteiger partial charge on any atom is 0.305 e. The van der Waals surface area contributed by atoms with Gasteiger partial charge in [0.25, 0.3) is 11.8 Å². The van der Waals surface area contributed by atoms with Crippen LogP contribution in [-0.4, -0.2) is 74.4 Å². The first-order chi connectivity index (χ1) is 24.0. The Balaban J connectivity index is 1.33. The molecule has 1 aromatic heterocycles. The first-order valence-corrected chi connectivity index (χ1v) is 17.5. The summed E-state index contributed by atoms with van der Waals surface area (Å²) < 4.78 is 0. The number of hydrogen-bond acceptors (Lipinski definition) is 10. The number of aromatic nitrogens is 2. The number of anilines is 2. The Hall–Kier alpha value is -5.34. The first kappa shape index (κ1) is 34.5. The van der Waals surface area contributed by atoms with Gasteiger partial charge in [0.1, 0.15) is 9.74 Å². The Morgan fingerprint density at radius 1 is 0.680 bits per heavy atom. The molecule has 0 radical (unpaired) electrons. The lowest BCUT2D eigenvalue weighted by Gasteiger charge is -2.33. The van der Waals surface area contributed by atoms with Crippen LogP contribution in [0.3, 0.4) is 0 Å². The number of fused-ring (bicyclic) bond motifs is 1. The van der Waals surface area contributed by atoms with Crippen molar-refractivity contribution in [2.75, 3.05) is 10.9 Å². The maximum absolute atomic E-state index is 13.7. The predicted octanol–water partition coefficient (Wildman–Crippen LogP) is 5.98. The molecule has 4 atom stereocenters. The number of nitrogens with zero attached hydrogens (tertiary/aromatic N) is 4. The molecule has 0 spiro atoms. The lowest BCUT2D eigenvalue weighted by molar-refractivity contribution is -0.140. The van der Waals surface area contributed by atoms with E-state index < -0.39 is 44.0 Å². The molecule has 256 valence electrons. The van der Waals surface area contributed by atoms with E-state index in [1.54, 1.807) is 24.3 Å². The number of amides is 2. The predicted molar refractivity (Wildman–Crippen MR) is 196 cm³/mol. The second-order valence-corrected chi connectivity index (χ2v) is 15.3. The zero-order chi connectivity index (χ0) is 35.5. The zero-order valence-corrected chi connectivity index (χ0v) is 28.7. The van der Waals surface area contributed by atoms with Crippen LogP contribution >= 0.6 is 23.5 Å². The minimum atomic E-state index is -1.08. The van der Waals surface area contributed by atoms with Crippen molar-refractivity contribution in [1.82, 2.24) is 20.2 Å². The smallest absolute Gasteiger partial charge is 0.305 e. The number of carboxylic acids is 2. The van der Waals surface area contributed by atoms with Crippen LogP contribution < -0.4 is 10.9 Å². The Bertz CT molecular complexity index is 1860. The van der Waals surface area contributed by atoms with Crippen LogP contribution in [0.2, 0.25) is 0 Å². The van der Waals surface area contributed by atoms with E-state index in [2.05, 4.69) is 21.0 Å². The van der Waals surface area contributed by atoms with Crippen molar-refractivity contribution in [3.63, 3.8) is 0 Å². The molecule has 4 aromatic rings. The molecule has 2 aliphatic rings. The fourth-order valence-corrected chi connectivity index (χ4v) is 8.55. The van der Waals surface area contributed by atoms with Crippen LogP contribution in [0.1, 0.15) is 37.8 Å². The van der Waals surface area contributed by atoms with Gasteiger partial charge in [0.15, 0.2) is 11.6 Å². The highest BCUT2D eigenvalue weighted by Crippen LogP contribution is 2.46. The van der Waals surface area contributed by atoms with E-state index in [1.165, 1.54) is 33.5 Å². The van der Waals surface area contributed by atoms with Gasteiger partial charge < -0.3 is 10.2 Å². The second kappa shape index (κ2) is 14.3. The average molecular weight is 711 g/mol. The maximum atomic E-state index is 13.7. The summed E-state index contributed by atoms with van der Waals surface area (Å²) in [6.45, 7) is 3.65. The van der Waals surface area contributed by atoms with Crippen LogP contribution in [0.15, 0.2) is 97.1 Å². The molecule has 4 unspecified atom stereocenters. The van der Waals surface area contributed by atoms with Crippen molar-refractivity contribution < 1.29 is 29.4 Å². The third-order valence-electron chi connectivity index (χ3n) is 8.25. The molecule has 6 rings (SSSR count). The minimum Gasteiger partial charge on any atom is -0.481 e. The van der Waals surface area contributed by atoms with E-state index in [0.717, 1.165) is 11.1 Å². The van der Waals surface area contributed by atoms with Crippen molar-refractivity contribution in [2.24, 2.45) is 0 Å². The molecule has 2 amide bonds. The summed E-state index contributed by atoms with van der Waals surface area (Å²) in [5.41, 5.74) is 8.09. The molecule has 3 heterocycles. The molecular weight excluding hydrogens is 677 g/mol. The van der Waals surface area contributed by atoms with Crippen molar-refractivity contribution in [2.45, 2.75) is 46.9 Å². The normalized spacial score (nSPS) is 23.7. The summed E-state index contributed by atoms with van der Waals surface area (Å²) in [6, 6.07) is 26.3. The van der Waals surface area contributed by atoms with E-state index in [1.807, 2.05) is 98.8 Å². The molecule has 2 saturated heterocycles. The second-order valence-electron chi connectivity index (χ2n) is 12.0. The monoisotopic (exact) mass is 710 g/mol. The number of nitrogens with one attached hydrogen (secondary N) is 2. The molecule has 0 saturated carbocycles. The summed E-state index contributed by atoms with van der Waals surface area (Å²) in [6.07, 6.45) is 6.74. The number of rotatable bonds is 12. The van der Waals surface area contributed by atoms with Crippen LogP contribution in [0.4, 0.5) is 11.6 Å². The standard InChI is InChI=1S/C36H34N6O6S2/c1-35(19-17-23-11-5-3-6-12-23)41(33(47)27(49-35)21-29(43)44)39-31-25-15-9-10-16-26(25)32(38-37-31)40-42-34(48)28(22-30(45)46)50-36(42,2)20-18-24-13-7-4-8-14-24/h3-20,27-28H,21-22H2,1-2H3,(H,37,39)(H,38,40)(H,43,44)(H,45,46)/b19-17+,20-18+. The summed E-state index contributed by atoms with van der Waals surface area (Å²) in [7, 11) is 0. The third-order valence-corrected chi connectivity index (χ3v) is 11.2. The number of thioether (sulfide) groups is 2. The van der Waals surface area contributed by atoms with E-state index in [4.69, 9.17) is 0 Å². The summed E-state index contributed by atoms with van der Waals surface area (Å²) in [4.78, 5) is 48.7. The van der Waals surface area contributed by atoms with Gasteiger partial charge >= 0.3 is 11.9 Å². The molecular formula is C36H34N6O6S2. The van der Waals surface area contributed by atoms with Crippen molar-refractivity contribution in [3.8, 4) is 0 Å². The quantitative estimate of drug-likeness (QED) is 0.136. The average Bonchev–Trinajstić information content (AvgIpc) is 3.47. The number of carbonyl (C=O) groups excluding carboxylic acids is 2. The number of carbonyl (C=O) groups is 4. The van der Waals surface area contributed by atoms with Crippen LogP contribution in [-0.2, 0) is 19.2 Å². The van der Waals surface area contributed by atoms with Gasteiger partial charge in [-0.15, -0.1) is 33.7 Å². The fraction of sp³-hybridized carbons (Fsp3) is 0.222. The first-order valence-electron chi connectivity index (χ1n) is 15.7. The van der Waals surface area contributed by atoms with E-state index >= 15 is 0 Å². The number of benzene rings is 3. The molecule has 4 N–H and O–H groups in total. The van der Waals surface area contributed by atoms with Gasteiger partial charge in [-0.1, -0.05) is 97.1 Å². The summed E-state index contributed by atoms with van der Waals surface area (Å²) in [5.74, 6) is -2.52. The summed E-state index contributed by atoms with van der Waals surface area (Å²) in [5, 5.41) is 30.1. The largest absolute Gasteiger partial charge is 0.481 e. The van der Waals surface area contributed by atoms with Crippen molar-refractivity contribution >= 4 is 81.8 Å². The van der Waals surface area contributed by atoms with Crippen LogP contribution in [0, 0.1) is 0 Å².